The molecule has 0 amide bonds. The van der Waals surface area contributed by atoms with Crippen molar-refractivity contribution in [3.05, 3.63) is 101 Å². The SMILES string of the molecule is O=C(O)c1ccc(-c2cnn([C@H](CCOC(F)F)c3ccc(-c4c(-n5cc(Cl)nn5)ccc(Cl)c4F)c[n+]3O)c2)cc1. The van der Waals surface area contributed by atoms with Gasteiger partial charge in [0.15, 0.2) is 11.0 Å². The topological polar surface area (TPSA) is 119 Å². The van der Waals surface area contributed by atoms with E-state index in [4.69, 9.17) is 28.3 Å². The van der Waals surface area contributed by atoms with Crippen molar-refractivity contribution < 1.29 is 37.7 Å². The van der Waals surface area contributed by atoms with Crippen molar-refractivity contribution in [3.8, 4) is 27.9 Å². The third-order valence-corrected chi connectivity index (χ3v) is 6.86. The molecular weight excluding hydrogens is 600 g/mol. The lowest BCUT2D eigenvalue weighted by Gasteiger charge is -2.15. The Balaban J connectivity index is 1.53. The summed E-state index contributed by atoms with van der Waals surface area (Å²) in [7, 11) is 0. The van der Waals surface area contributed by atoms with Crippen LogP contribution < -0.4 is 4.73 Å². The largest absolute Gasteiger partial charge is 0.478 e. The average molecular weight is 620 g/mol. The lowest BCUT2D eigenvalue weighted by molar-refractivity contribution is -0.910. The number of alkyl halides is 2. The third kappa shape index (κ3) is 6.08. The summed E-state index contributed by atoms with van der Waals surface area (Å²) >= 11 is 12.0. The van der Waals surface area contributed by atoms with Gasteiger partial charge in [0.05, 0.1) is 46.4 Å². The number of hydrogen-bond donors (Lipinski definition) is 2. The summed E-state index contributed by atoms with van der Waals surface area (Å²) in [6.07, 6.45) is 5.74. The van der Waals surface area contributed by atoms with Gasteiger partial charge in [-0.25, -0.2) is 13.9 Å². The van der Waals surface area contributed by atoms with Crippen molar-refractivity contribution in [2.24, 2.45) is 0 Å². The van der Waals surface area contributed by atoms with Crippen molar-refractivity contribution in [2.75, 3.05) is 6.61 Å². The van der Waals surface area contributed by atoms with E-state index in [0.717, 1.165) is 4.73 Å². The molecule has 5 rings (SSSR count). The number of hydrogen-bond acceptors (Lipinski definition) is 6. The molecule has 0 spiro atoms. The van der Waals surface area contributed by atoms with Gasteiger partial charge in [-0.15, -0.1) is 5.10 Å². The Bertz CT molecular complexity index is 1750. The zero-order valence-electron chi connectivity index (χ0n) is 21.3. The first-order valence-corrected chi connectivity index (χ1v) is 13.0. The maximum atomic E-state index is 15.3. The molecule has 5 aromatic rings. The number of aromatic nitrogens is 6. The second kappa shape index (κ2) is 12.2. The van der Waals surface area contributed by atoms with E-state index in [1.807, 2.05) is 0 Å². The molecule has 10 nitrogen and oxygen atoms in total. The van der Waals surface area contributed by atoms with Gasteiger partial charge in [-0.1, -0.05) is 40.5 Å². The number of benzene rings is 2. The van der Waals surface area contributed by atoms with Gasteiger partial charge >= 0.3 is 12.6 Å². The zero-order chi connectivity index (χ0) is 30.0. The molecule has 42 heavy (non-hydrogen) atoms. The predicted molar refractivity (Wildman–Crippen MR) is 143 cm³/mol. The van der Waals surface area contributed by atoms with Crippen molar-refractivity contribution in [1.82, 2.24) is 24.8 Å². The molecule has 0 unspecified atom stereocenters. The highest BCUT2D eigenvalue weighted by molar-refractivity contribution is 6.31. The van der Waals surface area contributed by atoms with Gasteiger partial charge in [0.1, 0.15) is 6.04 Å². The Morgan fingerprint density at radius 3 is 2.40 bits per heavy atom. The Morgan fingerprint density at radius 2 is 1.76 bits per heavy atom. The fourth-order valence-electron chi connectivity index (χ4n) is 4.43. The van der Waals surface area contributed by atoms with Crippen molar-refractivity contribution >= 4 is 29.2 Å². The van der Waals surface area contributed by atoms with E-state index >= 15 is 4.39 Å². The molecule has 3 heterocycles. The monoisotopic (exact) mass is 619 g/mol. The molecule has 0 aliphatic rings. The second-order valence-corrected chi connectivity index (χ2v) is 9.75. The highest BCUT2D eigenvalue weighted by Gasteiger charge is 2.28. The smallest absolute Gasteiger partial charge is 0.345 e. The molecule has 0 aliphatic carbocycles. The molecule has 1 atom stereocenters. The van der Waals surface area contributed by atoms with E-state index in [-0.39, 0.29) is 51.3 Å². The third-order valence-electron chi connectivity index (χ3n) is 6.40. The molecule has 15 heteroatoms. The van der Waals surface area contributed by atoms with Gasteiger partial charge < -0.3 is 9.84 Å². The van der Waals surface area contributed by atoms with Gasteiger partial charge in [-0.05, 0) is 35.9 Å². The fraction of sp³-hybridized carbons (Fsp3) is 0.148. The minimum Gasteiger partial charge on any atom is -0.478 e. The molecule has 0 bridgehead atoms. The van der Waals surface area contributed by atoms with Crippen molar-refractivity contribution in [2.45, 2.75) is 19.1 Å². The first-order valence-electron chi connectivity index (χ1n) is 12.2. The second-order valence-electron chi connectivity index (χ2n) is 8.96. The van der Waals surface area contributed by atoms with E-state index in [9.17, 15) is 18.8 Å². The van der Waals surface area contributed by atoms with E-state index < -0.39 is 24.4 Å². The summed E-state index contributed by atoms with van der Waals surface area (Å²) in [5.74, 6) is -1.84. The molecule has 0 saturated heterocycles. The lowest BCUT2D eigenvalue weighted by Crippen LogP contribution is -2.38. The summed E-state index contributed by atoms with van der Waals surface area (Å²) in [6, 6.07) is 11.2. The molecule has 2 N–H and O–H groups in total. The number of rotatable bonds is 10. The van der Waals surface area contributed by atoms with Crippen LogP contribution in [0.4, 0.5) is 13.2 Å². The molecular formula is C27H20Cl2F3N6O4+. The summed E-state index contributed by atoms with van der Waals surface area (Å²) in [5.41, 5.74) is 2.08. The Labute approximate surface area is 245 Å². The first kappa shape index (κ1) is 29.0. The average Bonchev–Trinajstić information content (AvgIpc) is 3.62. The maximum Gasteiger partial charge on any atom is 0.345 e. The number of carboxylic acids is 1. The van der Waals surface area contributed by atoms with Gasteiger partial charge in [0.25, 0.3) is 5.69 Å². The number of carboxylic acid groups (broad SMARTS) is 1. The predicted octanol–water partition coefficient (Wildman–Crippen LogP) is 5.69. The molecule has 2 aromatic carbocycles. The highest BCUT2D eigenvalue weighted by Crippen LogP contribution is 2.34. The zero-order valence-corrected chi connectivity index (χ0v) is 22.8. The van der Waals surface area contributed by atoms with E-state index in [1.54, 1.807) is 18.3 Å². The fourth-order valence-corrected chi connectivity index (χ4v) is 4.71. The summed E-state index contributed by atoms with van der Waals surface area (Å²) in [5, 5.41) is 32.0. The Kier molecular flexibility index (Phi) is 8.43. The molecule has 216 valence electrons. The van der Waals surface area contributed by atoms with Crippen LogP contribution in [0.2, 0.25) is 10.2 Å². The quantitative estimate of drug-likeness (QED) is 0.152. The molecule has 0 fully saturated rings. The van der Waals surface area contributed by atoms with Crippen LogP contribution in [0.25, 0.3) is 27.9 Å². The van der Waals surface area contributed by atoms with Crippen LogP contribution >= 0.6 is 23.2 Å². The van der Waals surface area contributed by atoms with Crippen LogP contribution in [0.15, 0.2) is 73.3 Å². The number of carbonyl (C=O) groups is 1. The summed E-state index contributed by atoms with van der Waals surface area (Å²) in [4.78, 5) is 11.2. The molecule has 0 radical (unpaired) electrons. The maximum absolute atomic E-state index is 15.3. The number of nitrogens with zero attached hydrogens (tertiary/aromatic N) is 6. The van der Waals surface area contributed by atoms with Gasteiger partial charge in [-0.3, -0.25) is 9.89 Å². The molecule has 3 aromatic heterocycles. The van der Waals surface area contributed by atoms with E-state index in [1.165, 1.54) is 64.4 Å². The van der Waals surface area contributed by atoms with Crippen molar-refractivity contribution in [1.29, 1.82) is 0 Å². The molecule has 0 saturated carbocycles. The van der Waals surface area contributed by atoms with Crippen LogP contribution in [0.3, 0.4) is 0 Å². The standard InChI is InChI=1S/C27H19Cl2F3N6O4/c28-19-6-8-22(37-14-23(29)34-35-37)24(25(19)30)17-5-7-21(38(41)13-17)20(9-10-42-27(31)32)36-12-18(11-33-36)15-1-3-16(4-2-15)26(39)40/h1-8,11-14,20,27H,9-10H2,(H-,39,40,41)/p+1/t20-/m1/s1. The van der Waals surface area contributed by atoms with Crippen molar-refractivity contribution in [3.63, 3.8) is 0 Å². The summed E-state index contributed by atoms with van der Waals surface area (Å²) in [6.45, 7) is -3.36. The number of ether oxygens (including phenoxy) is 1. The Hall–Kier alpha value is -4.46. The normalized spacial score (nSPS) is 12.1. The number of halogens is 5. The highest BCUT2D eigenvalue weighted by atomic mass is 35.5. The number of pyridine rings is 1. The van der Waals surface area contributed by atoms with Gasteiger partial charge in [-0.2, -0.15) is 13.9 Å². The minimum atomic E-state index is -3.00. The number of aromatic carboxylic acids is 1. The summed E-state index contributed by atoms with van der Waals surface area (Å²) < 4.78 is 48.8. The van der Waals surface area contributed by atoms with Crippen LogP contribution in [-0.2, 0) is 4.74 Å². The van der Waals surface area contributed by atoms with Crippen LogP contribution in [0.1, 0.15) is 28.5 Å². The lowest BCUT2D eigenvalue weighted by atomic mass is 10.0. The van der Waals surface area contributed by atoms with E-state index in [0.29, 0.717) is 11.1 Å². The van der Waals surface area contributed by atoms with Crippen LogP contribution in [0, 0.1) is 5.82 Å². The Morgan fingerprint density at radius 1 is 1.02 bits per heavy atom. The first-order chi connectivity index (χ1) is 20.1. The van der Waals surface area contributed by atoms with Gasteiger partial charge in [0, 0.05) is 29.0 Å². The van der Waals surface area contributed by atoms with Crippen LogP contribution in [0.5, 0.6) is 0 Å². The minimum absolute atomic E-state index is 0.00202. The molecule has 0 aliphatic heterocycles. The van der Waals surface area contributed by atoms with E-state index in [2.05, 4.69) is 20.1 Å². The van der Waals surface area contributed by atoms with Crippen LogP contribution in [-0.4, -0.2) is 54.3 Å². The van der Waals surface area contributed by atoms with Gasteiger partial charge in [0.2, 0.25) is 6.20 Å².